The van der Waals surface area contributed by atoms with Gasteiger partial charge in [0.25, 0.3) is 0 Å². The van der Waals surface area contributed by atoms with Crippen molar-refractivity contribution in [2.45, 2.75) is 17.3 Å². The minimum Gasteiger partial charge on any atom is -0.496 e. The van der Waals surface area contributed by atoms with Gasteiger partial charge in [0.1, 0.15) is 16.7 Å². The second-order valence-corrected chi connectivity index (χ2v) is 8.65. The lowest BCUT2D eigenvalue weighted by Gasteiger charge is -2.17. The van der Waals surface area contributed by atoms with Gasteiger partial charge >= 0.3 is 0 Å². The molecule has 4 aromatic rings. The molecule has 7 nitrogen and oxygen atoms in total. The van der Waals surface area contributed by atoms with Gasteiger partial charge in [0, 0.05) is 5.02 Å². The highest BCUT2D eigenvalue weighted by molar-refractivity contribution is 8.00. The van der Waals surface area contributed by atoms with E-state index in [1.807, 2.05) is 61.5 Å². The van der Waals surface area contributed by atoms with Crippen molar-refractivity contribution in [3.63, 3.8) is 0 Å². The summed E-state index contributed by atoms with van der Waals surface area (Å²) >= 11 is 7.40. The molecular formula is C25H23ClN4O3S. The zero-order valence-corrected chi connectivity index (χ0v) is 20.2. The third-order valence-electron chi connectivity index (χ3n) is 4.89. The Hall–Kier alpha value is -3.49. The van der Waals surface area contributed by atoms with Crippen molar-refractivity contribution in [3.05, 3.63) is 83.4 Å². The Balaban J connectivity index is 1.62. The number of para-hydroxylation sites is 2. The lowest BCUT2D eigenvalue weighted by atomic mass is 10.1. The number of hydrogen-bond donors (Lipinski definition) is 2. The van der Waals surface area contributed by atoms with Gasteiger partial charge in [-0.1, -0.05) is 65.8 Å². The number of ether oxygens (including phenoxy) is 2. The molecule has 1 atom stereocenters. The molecule has 4 rings (SSSR count). The number of carbonyl (C=O) groups excluding carboxylic acids is 1. The van der Waals surface area contributed by atoms with E-state index >= 15 is 0 Å². The van der Waals surface area contributed by atoms with Crippen LogP contribution in [-0.2, 0) is 4.79 Å². The van der Waals surface area contributed by atoms with Crippen LogP contribution in [-0.4, -0.2) is 34.8 Å². The van der Waals surface area contributed by atoms with Crippen LogP contribution in [0.4, 0.5) is 5.69 Å². The zero-order chi connectivity index (χ0) is 23.9. The van der Waals surface area contributed by atoms with Crippen molar-refractivity contribution < 1.29 is 14.3 Å². The predicted molar refractivity (Wildman–Crippen MR) is 135 cm³/mol. The van der Waals surface area contributed by atoms with E-state index in [1.165, 1.54) is 11.8 Å². The molecule has 2 N–H and O–H groups in total. The molecule has 0 spiro atoms. The van der Waals surface area contributed by atoms with Gasteiger partial charge in [-0.3, -0.25) is 9.89 Å². The summed E-state index contributed by atoms with van der Waals surface area (Å²) in [6.45, 7) is 2.40. The zero-order valence-electron chi connectivity index (χ0n) is 18.6. The van der Waals surface area contributed by atoms with Gasteiger partial charge < -0.3 is 14.8 Å². The number of hydrogen-bond acceptors (Lipinski definition) is 6. The summed E-state index contributed by atoms with van der Waals surface area (Å²) in [6, 6.07) is 22.1. The third-order valence-corrected chi connectivity index (χ3v) is 6.24. The second kappa shape index (κ2) is 11.1. The fourth-order valence-corrected chi connectivity index (χ4v) is 4.43. The molecule has 1 amide bonds. The molecule has 1 aromatic heterocycles. The lowest BCUT2D eigenvalue weighted by molar-refractivity contribution is -0.115. The number of aromatic nitrogens is 3. The van der Waals surface area contributed by atoms with Crippen LogP contribution < -0.4 is 14.8 Å². The topological polar surface area (TPSA) is 89.1 Å². The highest BCUT2D eigenvalue weighted by Gasteiger charge is 2.25. The Bertz CT molecular complexity index is 1270. The van der Waals surface area contributed by atoms with Gasteiger partial charge in [-0.15, -0.1) is 5.10 Å². The number of carbonyl (C=O) groups is 1. The smallest absolute Gasteiger partial charge is 0.242 e. The Morgan fingerprint density at radius 2 is 1.85 bits per heavy atom. The molecule has 0 saturated carbocycles. The SMILES string of the molecule is CCOc1ccccc1NC(=O)C(Sc1n[nH]c(-c2cc(Cl)ccc2OC)n1)c1ccccc1. The number of halogens is 1. The number of aromatic amines is 1. The van der Waals surface area contributed by atoms with Crippen molar-refractivity contribution in [3.8, 4) is 22.9 Å². The fraction of sp³-hybridized carbons (Fsp3) is 0.160. The Kier molecular flexibility index (Phi) is 7.72. The number of rotatable bonds is 9. The van der Waals surface area contributed by atoms with Crippen LogP contribution in [0, 0.1) is 0 Å². The van der Waals surface area contributed by atoms with Crippen LogP contribution in [0.25, 0.3) is 11.4 Å². The summed E-state index contributed by atoms with van der Waals surface area (Å²) in [5.41, 5.74) is 2.11. The van der Waals surface area contributed by atoms with E-state index in [-0.39, 0.29) is 5.91 Å². The molecule has 1 heterocycles. The van der Waals surface area contributed by atoms with E-state index in [2.05, 4.69) is 20.5 Å². The summed E-state index contributed by atoms with van der Waals surface area (Å²) in [5, 5.41) is 10.6. The van der Waals surface area contributed by atoms with E-state index in [0.717, 1.165) is 5.56 Å². The number of benzene rings is 3. The maximum absolute atomic E-state index is 13.4. The highest BCUT2D eigenvalue weighted by Crippen LogP contribution is 2.37. The second-order valence-electron chi connectivity index (χ2n) is 7.14. The average Bonchev–Trinajstić information content (AvgIpc) is 3.33. The molecule has 0 fully saturated rings. The first-order chi connectivity index (χ1) is 16.6. The molecule has 174 valence electrons. The first-order valence-electron chi connectivity index (χ1n) is 10.6. The number of anilines is 1. The van der Waals surface area contributed by atoms with E-state index in [0.29, 0.717) is 45.4 Å². The summed E-state index contributed by atoms with van der Waals surface area (Å²) in [7, 11) is 1.58. The van der Waals surface area contributed by atoms with Crippen molar-refractivity contribution in [1.29, 1.82) is 0 Å². The number of methoxy groups -OCH3 is 1. The van der Waals surface area contributed by atoms with Gasteiger partial charge in [-0.25, -0.2) is 4.98 Å². The summed E-state index contributed by atoms with van der Waals surface area (Å²) in [6.07, 6.45) is 0. The molecule has 0 saturated heterocycles. The minimum atomic E-state index is -0.596. The van der Waals surface area contributed by atoms with E-state index in [9.17, 15) is 4.79 Å². The van der Waals surface area contributed by atoms with Crippen molar-refractivity contribution in [1.82, 2.24) is 15.2 Å². The maximum atomic E-state index is 13.4. The standard InChI is InChI=1S/C25H23ClN4O3S/c1-3-33-21-12-8-7-11-19(21)27-24(31)22(16-9-5-4-6-10-16)34-25-28-23(29-30-25)18-15-17(26)13-14-20(18)32-2/h4-15,22H,3H2,1-2H3,(H,27,31)(H,28,29,30). The van der Waals surface area contributed by atoms with Gasteiger partial charge in [0.2, 0.25) is 11.1 Å². The van der Waals surface area contributed by atoms with E-state index < -0.39 is 5.25 Å². The number of H-pyrrole nitrogens is 1. The molecule has 0 aliphatic heterocycles. The van der Waals surface area contributed by atoms with Crippen LogP contribution in [0.1, 0.15) is 17.7 Å². The quantitative estimate of drug-likeness (QED) is 0.277. The maximum Gasteiger partial charge on any atom is 0.242 e. The van der Waals surface area contributed by atoms with Crippen LogP contribution in [0.5, 0.6) is 11.5 Å². The Morgan fingerprint density at radius 3 is 2.62 bits per heavy atom. The Labute approximate surface area is 206 Å². The van der Waals surface area contributed by atoms with Gasteiger partial charge in [-0.2, -0.15) is 0 Å². The average molecular weight is 495 g/mol. The van der Waals surface area contributed by atoms with Gasteiger partial charge in [0.05, 0.1) is 25.0 Å². The summed E-state index contributed by atoms with van der Waals surface area (Å²) in [4.78, 5) is 18.0. The molecular weight excluding hydrogens is 472 g/mol. The largest absolute Gasteiger partial charge is 0.496 e. The lowest BCUT2D eigenvalue weighted by Crippen LogP contribution is -2.19. The third kappa shape index (κ3) is 5.52. The van der Waals surface area contributed by atoms with Crippen LogP contribution in [0.2, 0.25) is 5.02 Å². The van der Waals surface area contributed by atoms with Gasteiger partial charge in [-0.05, 0) is 42.8 Å². The van der Waals surface area contributed by atoms with Crippen molar-refractivity contribution in [2.24, 2.45) is 0 Å². The molecule has 0 aliphatic rings. The summed E-state index contributed by atoms with van der Waals surface area (Å²) < 4.78 is 11.1. The molecule has 3 aromatic carbocycles. The minimum absolute atomic E-state index is 0.213. The van der Waals surface area contributed by atoms with E-state index in [4.69, 9.17) is 21.1 Å². The molecule has 1 unspecified atom stereocenters. The first-order valence-corrected chi connectivity index (χ1v) is 11.9. The number of thioether (sulfide) groups is 1. The predicted octanol–water partition coefficient (Wildman–Crippen LogP) is 6.00. The molecule has 0 radical (unpaired) electrons. The Morgan fingerprint density at radius 1 is 1.09 bits per heavy atom. The molecule has 0 aliphatic carbocycles. The monoisotopic (exact) mass is 494 g/mol. The number of nitrogens with zero attached hydrogens (tertiary/aromatic N) is 2. The van der Waals surface area contributed by atoms with Gasteiger partial charge in [0.15, 0.2) is 5.82 Å². The number of amides is 1. The van der Waals surface area contributed by atoms with Crippen LogP contribution >= 0.6 is 23.4 Å². The fourth-order valence-electron chi connectivity index (χ4n) is 3.34. The van der Waals surface area contributed by atoms with Crippen molar-refractivity contribution >= 4 is 35.0 Å². The number of nitrogens with one attached hydrogen (secondary N) is 2. The first kappa shape index (κ1) is 23.7. The normalized spacial score (nSPS) is 11.6. The summed E-state index contributed by atoms with van der Waals surface area (Å²) in [5.74, 6) is 1.51. The molecule has 0 bridgehead atoms. The van der Waals surface area contributed by atoms with Crippen molar-refractivity contribution in [2.75, 3.05) is 19.0 Å². The molecule has 9 heteroatoms. The van der Waals surface area contributed by atoms with Crippen LogP contribution in [0.15, 0.2) is 78.0 Å². The van der Waals surface area contributed by atoms with Crippen LogP contribution in [0.3, 0.4) is 0 Å². The van der Waals surface area contributed by atoms with E-state index in [1.54, 1.807) is 25.3 Å². The molecule has 34 heavy (non-hydrogen) atoms. The highest BCUT2D eigenvalue weighted by atomic mass is 35.5.